The minimum absolute atomic E-state index is 0.875. The lowest BCUT2D eigenvalue weighted by atomic mass is 10.0. The third-order valence-electron chi connectivity index (χ3n) is 10.4. The van der Waals surface area contributed by atoms with E-state index in [0.717, 1.165) is 50.3 Å². The molecule has 3 heterocycles. The summed E-state index contributed by atoms with van der Waals surface area (Å²) in [4.78, 5) is 2.40. The Morgan fingerprint density at radius 1 is 0.442 bits per heavy atom. The maximum absolute atomic E-state index is 6.44. The minimum Gasteiger partial charge on any atom is -0.456 e. The molecule has 0 unspecified atom stereocenters. The van der Waals surface area contributed by atoms with Gasteiger partial charge in [0.15, 0.2) is 0 Å². The number of nitrogens with zero attached hydrogens (tertiary/aromatic N) is 2. The number of para-hydroxylation sites is 4. The SMILES string of the molecule is c1cc(-c2ccccc2-n2c3ccccc3c3ccccc32)cc(N(c2ccc3c(c2)oc2ccccc23)c2cccc3c2sc2ccccc23)c1. The maximum atomic E-state index is 6.44. The van der Waals surface area contributed by atoms with Gasteiger partial charge in [0.05, 0.1) is 27.1 Å². The van der Waals surface area contributed by atoms with E-state index >= 15 is 0 Å². The quantitative estimate of drug-likeness (QED) is 0.180. The smallest absolute Gasteiger partial charge is 0.137 e. The van der Waals surface area contributed by atoms with Gasteiger partial charge >= 0.3 is 0 Å². The highest BCUT2D eigenvalue weighted by Gasteiger charge is 2.21. The van der Waals surface area contributed by atoms with Crippen LogP contribution in [0.15, 0.2) is 186 Å². The van der Waals surface area contributed by atoms with Crippen LogP contribution in [0.5, 0.6) is 0 Å². The van der Waals surface area contributed by atoms with E-state index in [9.17, 15) is 0 Å². The first kappa shape index (κ1) is 29.1. The summed E-state index contributed by atoms with van der Waals surface area (Å²) in [6.45, 7) is 0. The fourth-order valence-electron chi connectivity index (χ4n) is 8.10. The van der Waals surface area contributed by atoms with Crippen LogP contribution in [0.3, 0.4) is 0 Å². The summed E-state index contributed by atoms with van der Waals surface area (Å²) in [7, 11) is 0. The van der Waals surface area contributed by atoms with Crippen molar-refractivity contribution in [2.24, 2.45) is 0 Å². The summed E-state index contributed by atoms with van der Waals surface area (Å²) in [5.74, 6) is 0. The molecule has 52 heavy (non-hydrogen) atoms. The van der Waals surface area contributed by atoms with Crippen molar-refractivity contribution in [3.05, 3.63) is 182 Å². The van der Waals surface area contributed by atoms with Crippen molar-refractivity contribution >= 4 is 92.3 Å². The number of anilines is 3. The molecule has 4 heteroatoms. The number of aromatic nitrogens is 1. The zero-order chi connectivity index (χ0) is 34.2. The fourth-order valence-corrected chi connectivity index (χ4v) is 9.30. The van der Waals surface area contributed by atoms with Crippen LogP contribution in [0.25, 0.3) is 80.7 Å². The highest BCUT2D eigenvalue weighted by molar-refractivity contribution is 7.26. The van der Waals surface area contributed by atoms with E-state index in [1.54, 1.807) is 0 Å². The topological polar surface area (TPSA) is 21.3 Å². The number of benzene rings is 8. The average Bonchev–Trinajstić information content (AvgIpc) is 3.88. The van der Waals surface area contributed by atoms with Crippen molar-refractivity contribution < 1.29 is 4.42 Å². The Kier molecular flexibility index (Phi) is 6.42. The molecule has 244 valence electrons. The lowest BCUT2D eigenvalue weighted by Crippen LogP contribution is -2.10. The third kappa shape index (κ3) is 4.38. The summed E-state index contributed by atoms with van der Waals surface area (Å²) in [5.41, 5.74) is 10.9. The summed E-state index contributed by atoms with van der Waals surface area (Å²) in [6.07, 6.45) is 0. The van der Waals surface area contributed by atoms with Crippen molar-refractivity contribution in [1.82, 2.24) is 4.57 Å². The Hall–Kier alpha value is -6.62. The Balaban J connectivity index is 1.15. The molecule has 0 fully saturated rings. The number of hydrogen-bond acceptors (Lipinski definition) is 3. The number of furan rings is 1. The lowest BCUT2D eigenvalue weighted by Gasteiger charge is -2.27. The lowest BCUT2D eigenvalue weighted by molar-refractivity contribution is 0.669. The van der Waals surface area contributed by atoms with Crippen molar-refractivity contribution in [3.8, 4) is 16.8 Å². The Bertz CT molecular complexity index is 3110. The summed E-state index contributed by atoms with van der Waals surface area (Å²) in [5, 5.41) is 7.31. The van der Waals surface area contributed by atoms with Gasteiger partial charge in [0.25, 0.3) is 0 Å². The van der Waals surface area contributed by atoms with E-state index in [2.05, 4.69) is 179 Å². The van der Waals surface area contributed by atoms with E-state index in [-0.39, 0.29) is 0 Å². The third-order valence-corrected chi connectivity index (χ3v) is 11.6. The van der Waals surface area contributed by atoms with Gasteiger partial charge in [0.2, 0.25) is 0 Å². The molecule has 0 radical (unpaired) electrons. The van der Waals surface area contributed by atoms with Crippen LogP contribution in [0.1, 0.15) is 0 Å². The molecule has 0 spiro atoms. The van der Waals surface area contributed by atoms with Gasteiger partial charge in [-0.2, -0.15) is 0 Å². The van der Waals surface area contributed by atoms with E-state index in [0.29, 0.717) is 0 Å². The Morgan fingerprint density at radius 3 is 1.92 bits per heavy atom. The highest BCUT2D eigenvalue weighted by atomic mass is 32.1. The van der Waals surface area contributed by atoms with Crippen LogP contribution in [-0.2, 0) is 0 Å². The largest absolute Gasteiger partial charge is 0.456 e. The monoisotopic (exact) mass is 682 g/mol. The second-order valence-corrected chi connectivity index (χ2v) is 14.4. The molecule has 11 rings (SSSR count). The van der Waals surface area contributed by atoms with Gasteiger partial charge in [0, 0.05) is 60.0 Å². The number of thiophene rings is 1. The van der Waals surface area contributed by atoms with Gasteiger partial charge in [-0.3, -0.25) is 0 Å². The summed E-state index contributed by atoms with van der Waals surface area (Å²) < 4.78 is 11.4. The molecule has 0 saturated carbocycles. The number of fused-ring (bicyclic) bond motifs is 9. The number of hydrogen-bond donors (Lipinski definition) is 0. The van der Waals surface area contributed by atoms with Crippen LogP contribution in [0.2, 0.25) is 0 Å². The first-order valence-electron chi connectivity index (χ1n) is 17.6. The second kappa shape index (κ2) is 11.5. The zero-order valence-electron chi connectivity index (χ0n) is 28.0. The van der Waals surface area contributed by atoms with Gasteiger partial charge in [-0.15, -0.1) is 11.3 Å². The van der Waals surface area contributed by atoms with Crippen molar-refractivity contribution in [2.75, 3.05) is 4.90 Å². The molecule has 3 nitrogen and oxygen atoms in total. The van der Waals surface area contributed by atoms with E-state index in [1.807, 2.05) is 23.5 Å². The van der Waals surface area contributed by atoms with Crippen LogP contribution in [-0.4, -0.2) is 4.57 Å². The fraction of sp³-hybridized carbons (Fsp3) is 0. The van der Waals surface area contributed by atoms with Gasteiger partial charge < -0.3 is 13.9 Å². The molecule has 0 aliphatic rings. The van der Waals surface area contributed by atoms with E-state index < -0.39 is 0 Å². The molecule has 3 aromatic heterocycles. The molecule has 0 aliphatic heterocycles. The molecule has 8 aromatic carbocycles. The number of rotatable bonds is 5. The summed E-state index contributed by atoms with van der Waals surface area (Å²) >= 11 is 1.85. The normalized spacial score (nSPS) is 11.8. The molecular weight excluding hydrogens is 653 g/mol. The molecule has 0 atom stereocenters. The minimum atomic E-state index is 0.875. The first-order chi connectivity index (χ1) is 25.8. The molecule has 0 aliphatic carbocycles. The van der Waals surface area contributed by atoms with Crippen LogP contribution < -0.4 is 4.90 Å². The highest BCUT2D eigenvalue weighted by Crippen LogP contribution is 2.46. The molecule has 0 bridgehead atoms. The van der Waals surface area contributed by atoms with E-state index in [4.69, 9.17) is 4.42 Å². The van der Waals surface area contributed by atoms with Crippen molar-refractivity contribution in [2.45, 2.75) is 0 Å². The standard InChI is InChI=1S/C48H30N2OS/c1-6-21-41(50-42-22-7-2-16-35(42)36-17-3-8-23-43(36)50)34(15-1)31-13-11-14-32(29-31)49(33-27-28-38-37-18-4-9-25-45(37)51-46(38)30-33)44-24-12-20-40-39-19-5-10-26-47(39)52-48(40)44/h1-30H. The van der Waals surface area contributed by atoms with Gasteiger partial charge in [-0.05, 0) is 66.2 Å². The van der Waals surface area contributed by atoms with Gasteiger partial charge in [-0.1, -0.05) is 115 Å². The maximum Gasteiger partial charge on any atom is 0.137 e. The Morgan fingerprint density at radius 2 is 1.08 bits per heavy atom. The molecule has 0 amide bonds. The van der Waals surface area contributed by atoms with Crippen LogP contribution in [0.4, 0.5) is 17.1 Å². The van der Waals surface area contributed by atoms with E-state index in [1.165, 1.54) is 47.5 Å². The van der Waals surface area contributed by atoms with Gasteiger partial charge in [-0.25, -0.2) is 0 Å². The summed E-state index contributed by atoms with van der Waals surface area (Å²) in [6, 6.07) is 65.5. The predicted molar refractivity (Wildman–Crippen MR) is 221 cm³/mol. The van der Waals surface area contributed by atoms with Crippen LogP contribution >= 0.6 is 11.3 Å². The van der Waals surface area contributed by atoms with Crippen molar-refractivity contribution in [1.29, 1.82) is 0 Å². The van der Waals surface area contributed by atoms with Crippen LogP contribution in [0, 0.1) is 0 Å². The molecule has 0 N–H and O–H groups in total. The first-order valence-corrected chi connectivity index (χ1v) is 18.4. The molecule has 11 aromatic rings. The predicted octanol–water partition coefficient (Wildman–Crippen LogP) is 14.2. The average molecular weight is 683 g/mol. The Labute approximate surface area is 303 Å². The van der Waals surface area contributed by atoms with Crippen molar-refractivity contribution in [3.63, 3.8) is 0 Å². The molecular formula is C48H30N2OS. The molecule has 0 saturated heterocycles. The zero-order valence-corrected chi connectivity index (χ0v) is 28.8. The van der Waals surface area contributed by atoms with Gasteiger partial charge in [0.1, 0.15) is 11.2 Å². The second-order valence-electron chi connectivity index (χ2n) is 13.3.